The molecular weight excluding hydrogens is 542 g/mol. The molecular formula is C30H37N5O5S. The molecule has 1 atom stereocenters. The van der Waals surface area contributed by atoms with Crippen LogP contribution >= 0.6 is 0 Å². The predicted octanol–water partition coefficient (Wildman–Crippen LogP) is 4.44. The summed E-state index contributed by atoms with van der Waals surface area (Å²) in [6.07, 6.45) is 6.88. The first-order valence-corrected chi connectivity index (χ1v) is 15.5. The Balaban J connectivity index is 1.23. The van der Waals surface area contributed by atoms with E-state index in [-0.39, 0.29) is 30.4 Å². The van der Waals surface area contributed by atoms with Crippen molar-refractivity contribution < 1.29 is 22.7 Å². The lowest BCUT2D eigenvalue weighted by Crippen LogP contribution is -2.38. The zero-order valence-corrected chi connectivity index (χ0v) is 24.7. The van der Waals surface area contributed by atoms with Gasteiger partial charge in [-0.1, -0.05) is 24.3 Å². The minimum atomic E-state index is -3.21. The number of carbonyl (C=O) groups is 1. The van der Waals surface area contributed by atoms with Crippen LogP contribution in [-0.2, 0) is 26.3 Å². The smallest absolute Gasteiger partial charge is 0.314 e. The quantitative estimate of drug-likeness (QED) is 0.274. The molecule has 1 aliphatic carbocycles. The average molecular weight is 580 g/mol. The third-order valence-corrected chi connectivity index (χ3v) is 9.80. The van der Waals surface area contributed by atoms with Crippen molar-refractivity contribution >= 4 is 43.6 Å². The Morgan fingerprint density at radius 2 is 1.83 bits per heavy atom. The van der Waals surface area contributed by atoms with Gasteiger partial charge in [0.2, 0.25) is 10.0 Å². The Morgan fingerprint density at radius 3 is 2.56 bits per heavy atom. The van der Waals surface area contributed by atoms with Crippen molar-refractivity contribution in [1.29, 1.82) is 0 Å². The van der Waals surface area contributed by atoms with Crippen molar-refractivity contribution in [3.63, 3.8) is 0 Å². The van der Waals surface area contributed by atoms with Crippen LogP contribution in [0.4, 0.5) is 5.82 Å². The SMILES string of the molecule is CNS(=O)(=O)CC1CCC(N(C)c2ncnc3c2ccn3COC(=O)[C@@H](C)c2ccc3cc(OC)ccc3c2)CC1. The van der Waals surface area contributed by atoms with Crippen molar-refractivity contribution in [3.05, 3.63) is 60.6 Å². The largest absolute Gasteiger partial charge is 0.497 e. The third kappa shape index (κ3) is 6.31. The first-order valence-electron chi connectivity index (χ1n) is 13.9. The monoisotopic (exact) mass is 579 g/mol. The van der Waals surface area contributed by atoms with Crippen molar-refractivity contribution in [2.75, 3.05) is 31.9 Å². The summed E-state index contributed by atoms with van der Waals surface area (Å²) in [4.78, 5) is 24.2. The van der Waals surface area contributed by atoms with E-state index in [0.717, 1.165) is 59.0 Å². The van der Waals surface area contributed by atoms with E-state index in [1.807, 2.05) is 67.2 Å². The van der Waals surface area contributed by atoms with Gasteiger partial charge in [0.15, 0.2) is 6.73 Å². The summed E-state index contributed by atoms with van der Waals surface area (Å²) < 4.78 is 39.1. The zero-order valence-electron chi connectivity index (χ0n) is 23.9. The number of anilines is 1. The lowest BCUT2D eigenvalue weighted by atomic mass is 9.86. The Morgan fingerprint density at radius 1 is 1.10 bits per heavy atom. The summed E-state index contributed by atoms with van der Waals surface area (Å²) in [5, 5.41) is 2.95. The van der Waals surface area contributed by atoms with Gasteiger partial charge in [0.05, 0.1) is 24.2 Å². The summed E-state index contributed by atoms with van der Waals surface area (Å²) >= 11 is 0. The third-order valence-electron chi connectivity index (χ3n) is 8.27. The van der Waals surface area contributed by atoms with Crippen molar-refractivity contribution in [3.8, 4) is 5.75 Å². The van der Waals surface area contributed by atoms with Gasteiger partial charge in [0.1, 0.15) is 23.5 Å². The Bertz CT molecular complexity index is 1650. The number of nitrogens with zero attached hydrogens (tertiary/aromatic N) is 4. The number of esters is 1. The summed E-state index contributed by atoms with van der Waals surface area (Å²) in [6, 6.07) is 14.0. The molecule has 1 N–H and O–H groups in total. The summed E-state index contributed by atoms with van der Waals surface area (Å²) in [7, 11) is 1.92. The number of methoxy groups -OCH3 is 1. The van der Waals surface area contributed by atoms with E-state index >= 15 is 0 Å². The summed E-state index contributed by atoms with van der Waals surface area (Å²) in [5.41, 5.74) is 1.57. The highest BCUT2D eigenvalue weighted by atomic mass is 32.2. The van der Waals surface area contributed by atoms with E-state index in [2.05, 4.69) is 19.6 Å². The van der Waals surface area contributed by atoms with Gasteiger partial charge in [-0.15, -0.1) is 0 Å². The van der Waals surface area contributed by atoms with Crippen LogP contribution in [0, 0.1) is 5.92 Å². The lowest BCUT2D eigenvalue weighted by Gasteiger charge is -2.35. The van der Waals surface area contributed by atoms with Crippen LogP contribution in [0.1, 0.15) is 44.1 Å². The number of nitrogens with one attached hydrogen (secondary N) is 1. The highest BCUT2D eigenvalue weighted by Gasteiger charge is 2.28. The molecule has 218 valence electrons. The number of rotatable bonds is 10. The molecule has 2 heterocycles. The maximum atomic E-state index is 13.0. The van der Waals surface area contributed by atoms with Crippen LogP contribution in [0.25, 0.3) is 21.8 Å². The normalized spacial score (nSPS) is 18.3. The van der Waals surface area contributed by atoms with Gasteiger partial charge in [-0.05, 0) is 80.1 Å². The molecule has 0 bridgehead atoms. The fourth-order valence-electron chi connectivity index (χ4n) is 5.67. The van der Waals surface area contributed by atoms with Crippen LogP contribution < -0.4 is 14.4 Å². The molecule has 10 nitrogen and oxygen atoms in total. The lowest BCUT2D eigenvalue weighted by molar-refractivity contribution is -0.148. The first-order chi connectivity index (χ1) is 19.7. The molecule has 0 spiro atoms. The van der Waals surface area contributed by atoms with Crippen LogP contribution in [-0.4, -0.2) is 61.9 Å². The predicted molar refractivity (Wildman–Crippen MR) is 160 cm³/mol. The fourth-order valence-corrected chi connectivity index (χ4v) is 6.79. The second-order valence-corrected chi connectivity index (χ2v) is 12.7. The second-order valence-electron chi connectivity index (χ2n) is 10.8. The van der Waals surface area contributed by atoms with E-state index in [0.29, 0.717) is 5.65 Å². The molecule has 1 aliphatic rings. The number of benzene rings is 2. The van der Waals surface area contributed by atoms with Gasteiger partial charge < -0.3 is 14.4 Å². The van der Waals surface area contributed by atoms with E-state index in [1.54, 1.807) is 7.11 Å². The van der Waals surface area contributed by atoms with Gasteiger partial charge in [-0.3, -0.25) is 9.36 Å². The number of sulfonamides is 1. The molecule has 2 aromatic heterocycles. The van der Waals surface area contributed by atoms with E-state index in [9.17, 15) is 13.2 Å². The van der Waals surface area contributed by atoms with E-state index in [4.69, 9.17) is 9.47 Å². The Kier molecular flexibility index (Phi) is 8.46. The molecule has 4 aromatic rings. The topological polar surface area (TPSA) is 116 Å². The maximum absolute atomic E-state index is 13.0. The number of ether oxygens (including phenoxy) is 2. The standard InChI is InChI=1S/C30H37N5O5S/c1-20(22-7-8-24-16-26(39-4)12-9-23(24)15-22)30(36)40-19-35-14-13-27-28(32-18-33-29(27)35)34(3)25-10-5-21(6-11-25)17-41(37,38)31-2/h7-9,12-16,18,20-21,25,31H,5-6,10-11,17,19H2,1-4H3/t20-,21?,25?/m0/s1. The van der Waals surface area contributed by atoms with Crippen molar-refractivity contribution in [2.45, 2.75) is 51.3 Å². The molecule has 41 heavy (non-hydrogen) atoms. The molecule has 0 amide bonds. The molecule has 0 unspecified atom stereocenters. The average Bonchev–Trinajstić information content (AvgIpc) is 3.42. The second kappa shape index (κ2) is 12.0. The van der Waals surface area contributed by atoms with Crippen LogP contribution in [0.3, 0.4) is 0 Å². The van der Waals surface area contributed by atoms with Gasteiger partial charge in [-0.2, -0.15) is 0 Å². The maximum Gasteiger partial charge on any atom is 0.314 e. The van der Waals surface area contributed by atoms with Gasteiger partial charge in [0, 0.05) is 19.3 Å². The van der Waals surface area contributed by atoms with Gasteiger partial charge in [-0.25, -0.2) is 23.1 Å². The zero-order chi connectivity index (χ0) is 29.1. The summed E-state index contributed by atoms with van der Waals surface area (Å²) in [6.45, 7) is 1.89. The Hall–Kier alpha value is -3.70. The molecule has 1 fully saturated rings. The molecule has 0 radical (unpaired) electrons. The van der Waals surface area contributed by atoms with E-state index in [1.165, 1.54) is 13.4 Å². The minimum Gasteiger partial charge on any atom is -0.497 e. The minimum absolute atomic E-state index is 0.0443. The molecule has 0 saturated heterocycles. The highest BCUT2D eigenvalue weighted by molar-refractivity contribution is 7.89. The molecule has 5 rings (SSSR count). The number of aromatic nitrogens is 3. The van der Waals surface area contributed by atoms with Gasteiger partial charge >= 0.3 is 5.97 Å². The van der Waals surface area contributed by atoms with Crippen molar-refractivity contribution in [2.24, 2.45) is 5.92 Å². The van der Waals surface area contributed by atoms with Gasteiger partial charge in [0.25, 0.3) is 0 Å². The van der Waals surface area contributed by atoms with E-state index < -0.39 is 15.9 Å². The molecule has 11 heteroatoms. The molecule has 0 aliphatic heterocycles. The molecule has 1 saturated carbocycles. The molecule has 2 aromatic carbocycles. The Labute approximate surface area is 240 Å². The number of fused-ring (bicyclic) bond motifs is 2. The van der Waals surface area contributed by atoms with Crippen LogP contribution in [0.2, 0.25) is 0 Å². The van der Waals surface area contributed by atoms with Crippen LogP contribution in [0.5, 0.6) is 5.75 Å². The first kappa shape index (κ1) is 28.8. The number of hydrogen-bond donors (Lipinski definition) is 1. The number of hydrogen-bond acceptors (Lipinski definition) is 8. The fraction of sp³-hybridized carbons (Fsp3) is 0.433. The summed E-state index contributed by atoms with van der Waals surface area (Å²) in [5.74, 6) is 1.20. The van der Waals surface area contributed by atoms with Crippen LogP contribution in [0.15, 0.2) is 55.0 Å². The van der Waals surface area contributed by atoms with Crippen molar-refractivity contribution in [1.82, 2.24) is 19.3 Å². The highest BCUT2D eigenvalue weighted by Crippen LogP contribution is 2.33. The number of carbonyl (C=O) groups excluding carboxylic acids is 1.